The van der Waals surface area contributed by atoms with Crippen molar-refractivity contribution in [2.45, 2.75) is 12.8 Å². The first-order valence-corrected chi connectivity index (χ1v) is 9.43. The molecule has 0 radical (unpaired) electrons. The van der Waals surface area contributed by atoms with Crippen molar-refractivity contribution >= 4 is 34.0 Å². The Bertz CT molecular complexity index is 1230. The fourth-order valence-electron chi connectivity index (χ4n) is 3.84. The van der Waals surface area contributed by atoms with Crippen LogP contribution in [0, 0.1) is 6.92 Å². The van der Waals surface area contributed by atoms with Crippen molar-refractivity contribution in [1.29, 1.82) is 0 Å². The van der Waals surface area contributed by atoms with Gasteiger partial charge in [0.15, 0.2) is 0 Å². The van der Waals surface area contributed by atoms with E-state index in [1.165, 1.54) is 0 Å². The molecular formula is C22H20N6O. The van der Waals surface area contributed by atoms with Gasteiger partial charge in [0.05, 0.1) is 29.2 Å². The van der Waals surface area contributed by atoms with Gasteiger partial charge in [-0.2, -0.15) is 5.10 Å². The van der Waals surface area contributed by atoms with Gasteiger partial charge in [0.2, 0.25) is 0 Å². The molecule has 7 heteroatoms. The highest BCUT2D eigenvalue weighted by Crippen LogP contribution is 2.38. The number of nitrogens with zero attached hydrogens (tertiary/aromatic N) is 2. The lowest BCUT2D eigenvalue weighted by molar-refractivity contribution is 0.102. The van der Waals surface area contributed by atoms with Crippen LogP contribution in [0.15, 0.2) is 54.9 Å². The van der Waals surface area contributed by atoms with E-state index in [1.807, 2.05) is 43.3 Å². The maximum Gasteiger partial charge on any atom is 0.257 e. The van der Waals surface area contributed by atoms with Crippen molar-refractivity contribution in [2.24, 2.45) is 0 Å². The van der Waals surface area contributed by atoms with Gasteiger partial charge < -0.3 is 16.4 Å². The second kappa shape index (κ2) is 6.63. The summed E-state index contributed by atoms with van der Waals surface area (Å²) >= 11 is 0. The van der Waals surface area contributed by atoms with E-state index in [9.17, 15) is 4.79 Å². The molecule has 5 N–H and O–H groups in total. The minimum atomic E-state index is -0.176. The van der Waals surface area contributed by atoms with Crippen LogP contribution in [0.5, 0.6) is 0 Å². The van der Waals surface area contributed by atoms with Crippen molar-refractivity contribution in [1.82, 2.24) is 15.2 Å². The van der Waals surface area contributed by atoms with Crippen LogP contribution >= 0.6 is 0 Å². The molecule has 0 aliphatic carbocycles. The Hall–Kier alpha value is -3.87. The molecule has 7 nitrogen and oxygen atoms in total. The number of benzene rings is 2. The Kier molecular flexibility index (Phi) is 3.94. The summed E-state index contributed by atoms with van der Waals surface area (Å²) in [4.78, 5) is 17.2. The van der Waals surface area contributed by atoms with Crippen molar-refractivity contribution < 1.29 is 4.79 Å². The molecule has 144 valence electrons. The zero-order chi connectivity index (χ0) is 20.0. The number of aromatic amines is 1. The summed E-state index contributed by atoms with van der Waals surface area (Å²) in [6, 6.07) is 13.6. The van der Waals surface area contributed by atoms with E-state index in [1.54, 1.807) is 12.4 Å². The Morgan fingerprint density at radius 2 is 2.00 bits per heavy atom. The van der Waals surface area contributed by atoms with Gasteiger partial charge in [-0.05, 0) is 48.4 Å². The summed E-state index contributed by atoms with van der Waals surface area (Å²) in [6.45, 7) is 2.74. The molecule has 4 aromatic rings. The molecule has 1 atom stereocenters. The number of amides is 1. The maximum atomic E-state index is 13.1. The van der Waals surface area contributed by atoms with Crippen LogP contribution in [0.2, 0.25) is 0 Å². The smallest absolute Gasteiger partial charge is 0.257 e. The highest BCUT2D eigenvalue weighted by atomic mass is 16.1. The number of hydrogen-bond donors (Lipinski definition) is 4. The first-order chi connectivity index (χ1) is 14.1. The molecular weight excluding hydrogens is 364 g/mol. The lowest BCUT2D eigenvalue weighted by Crippen LogP contribution is -2.14. The zero-order valence-corrected chi connectivity index (χ0v) is 15.9. The number of H-pyrrole nitrogens is 1. The third-order valence-corrected chi connectivity index (χ3v) is 5.36. The van der Waals surface area contributed by atoms with Gasteiger partial charge in [-0.1, -0.05) is 17.7 Å². The molecule has 0 bridgehead atoms. The lowest BCUT2D eigenvalue weighted by atomic mass is 9.91. The number of anilines is 3. The largest absolute Gasteiger partial charge is 0.384 e. The molecule has 29 heavy (non-hydrogen) atoms. The SMILES string of the molecule is Cc1ccc(NC(=O)c2cc(C3CNc4cnc(N)cc43)cc3cn[nH]c23)cc1. The second-order valence-corrected chi connectivity index (χ2v) is 7.35. The third-order valence-electron chi connectivity index (χ3n) is 5.36. The zero-order valence-electron chi connectivity index (χ0n) is 15.9. The minimum absolute atomic E-state index is 0.0838. The summed E-state index contributed by atoms with van der Waals surface area (Å²) in [6.07, 6.45) is 3.50. The van der Waals surface area contributed by atoms with E-state index in [2.05, 4.69) is 31.9 Å². The minimum Gasteiger partial charge on any atom is -0.384 e. The number of carbonyl (C=O) groups excluding carboxylic acids is 1. The number of rotatable bonds is 3. The molecule has 1 amide bonds. The van der Waals surface area contributed by atoms with Gasteiger partial charge in [0.25, 0.3) is 5.91 Å². The van der Waals surface area contributed by atoms with E-state index < -0.39 is 0 Å². The van der Waals surface area contributed by atoms with Crippen molar-refractivity contribution in [3.05, 3.63) is 77.1 Å². The van der Waals surface area contributed by atoms with E-state index in [0.717, 1.165) is 45.5 Å². The first kappa shape index (κ1) is 17.2. The van der Waals surface area contributed by atoms with E-state index in [-0.39, 0.29) is 11.8 Å². The maximum absolute atomic E-state index is 13.1. The van der Waals surface area contributed by atoms with Gasteiger partial charge in [-0.15, -0.1) is 0 Å². The number of nitrogens with one attached hydrogen (secondary N) is 3. The molecule has 0 spiro atoms. The number of aryl methyl sites for hydroxylation is 1. The van der Waals surface area contributed by atoms with Crippen LogP contribution in [-0.2, 0) is 0 Å². The molecule has 0 saturated heterocycles. The van der Waals surface area contributed by atoms with Crippen LogP contribution in [0.3, 0.4) is 0 Å². The molecule has 3 heterocycles. The monoisotopic (exact) mass is 384 g/mol. The van der Waals surface area contributed by atoms with Gasteiger partial charge in [0.1, 0.15) is 5.82 Å². The van der Waals surface area contributed by atoms with E-state index in [0.29, 0.717) is 11.4 Å². The van der Waals surface area contributed by atoms with Crippen molar-refractivity contribution in [2.75, 3.05) is 22.9 Å². The topological polar surface area (TPSA) is 109 Å². The first-order valence-electron chi connectivity index (χ1n) is 9.43. The molecule has 2 aromatic heterocycles. The highest BCUT2D eigenvalue weighted by Gasteiger charge is 2.26. The summed E-state index contributed by atoms with van der Waals surface area (Å²) < 4.78 is 0. The molecule has 1 unspecified atom stereocenters. The van der Waals surface area contributed by atoms with Crippen molar-refractivity contribution in [3.63, 3.8) is 0 Å². The fourth-order valence-corrected chi connectivity index (χ4v) is 3.84. The van der Waals surface area contributed by atoms with Crippen LogP contribution in [0.1, 0.15) is 33.0 Å². The number of fused-ring (bicyclic) bond motifs is 2. The Balaban J connectivity index is 1.55. The number of pyridine rings is 1. The second-order valence-electron chi connectivity index (χ2n) is 7.35. The normalized spacial score (nSPS) is 15.1. The molecule has 0 fully saturated rings. The number of aromatic nitrogens is 3. The standard InChI is InChI=1S/C22H20N6O/c1-12-2-4-15(5-3-12)27-22(29)17-7-13(6-14-9-26-28-21(14)17)18-10-24-19-11-25-20(23)8-16(18)19/h2-9,11,18,24H,10H2,1H3,(H2,23,25)(H,26,28)(H,27,29). The number of nitrogen functional groups attached to an aromatic ring is 1. The molecule has 5 rings (SSSR count). The summed E-state index contributed by atoms with van der Waals surface area (Å²) in [5.41, 5.74) is 12.2. The van der Waals surface area contributed by atoms with Crippen LogP contribution < -0.4 is 16.4 Å². The molecule has 2 aromatic carbocycles. The number of hydrogen-bond acceptors (Lipinski definition) is 5. The summed E-state index contributed by atoms with van der Waals surface area (Å²) in [7, 11) is 0. The van der Waals surface area contributed by atoms with Gasteiger partial charge >= 0.3 is 0 Å². The Morgan fingerprint density at radius 1 is 1.17 bits per heavy atom. The molecule has 1 aliphatic rings. The van der Waals surface area contributed by atoms with Crippen LogP contribution in [0.25, 0.3) is 10.9 Å². The predicted octanol–water partition coefficient (Wildman–Crippen LogP) is 3.66. The lowest BCUT2D eigenvalue weighted by Gasteiger charge is -2.14. The average molecular weight is 384 g/mol. The molecule has 1 aliphatic heterocycles. The average Bonchev–Trinajstić information content (AvgIpc) is 3.35. The van der Waals surface area contributed by atoms with Gasteiger partial charge in [-0.3, -0.25) is 9.89 Å². The molecule has 0 saturated carbocycles. The Morgan fingerprint density at radius 3 is 2.83 bits per heavy atom. The van der Waals surface area contributed by atoms with Gasteiger partial charge in [-0.25, -0.2) is 4.98 Å². The predicted molar refractivity (Wildman–Crippen MR) is 114 cm³/mol. The van der Waals surface area contributed by atoms with Gasteiger partial charge in [0, 0.05) is 23.5 Å². The Labute approximate surface area is 167 Å². The van der Waals surface area contributed by atoms with E-state index >= 15 is 0 Å². The van der Waals surface area contributed by atoms with E-state index in [4.69, 9.17) is 5.73 Å². The van der Waals surface area contributed by atoms with Crippen molar-refractivity contribution in [3.8, 4) is 0 Å². The van der Waals surface area contributed by atoms with Crippen LogP contribution in [0.4, 0.5) is 17.2 Å². The summed E-state index contributed by atoms with van der Waals surface area (Å²) in [5.74, 6) is 0.394. The number of carbonyl (C=O) groups is 1. The third kappa shape index (κ3) is 3.06. The number of nitrogens with two attached hydrogens (primary N) is 1. The quantitative estimate of drug-likeness (QED) is 0.431. The highest BCUT2D eigenvalue weighted by molar-refractivity contribution is 6.12. The summed E-state index contributed by atoms with van der Waals surface area (Å²) in [5, 5.41) is 14.3. The van der Waals surface area contributed by atoms with Crippen LogP contribution in [-0.4, -0.2) is 27.6 Å². The fraction of sp³-hybridized carbons (Fsp3) is 0.136.